The Bertz CT molecular complexity index is 1290. The van der Waals surface area contributed by atoms with Gasteiger partial charge in [0.2, 0.25) is 18.6 Å². The Labute approximate surface area is 262 Å². The number of fused-ring (bicyclic) bond motifs is 1. The SMILES string of the molecule is CCCC[C@H](NC(=O)N[C@@H](CC(=O)N[C@H](C)C(C)C)c1ccc2c(c1)OCO2)C(=O)N(Cc1cccs1)Cc1cccs1. The van der Waals surface area contributed by atoms with E-state index in [1.165, 1.54) is 0 Å². The van der Waals surface area contributed by atoms with Crippen LogP contribution in [0.1, 0.15) is 74.7 Å². The number of ether oxygens (including phenoxy) is 2. The lowest BCUT2D eigenvalue weighted by molar-refractivity contribution is -0.134. The lowest BCUT2D eigenvalue weighted by Crippen LogP contribution is -2.51. The van der Waals surface area contributed by atoms with Gasteiger partial charge in [-0.15, -0.1) is 22.7 Å². The normalized spacial score (nSPS) is 14.2. The second-order valence-electron chi connectivity index (χ2n) is 11.1. The van der Waals surface area contributed by atoms with Gasteiger partial charge < -0.3 is 30.3 Å². The Kier molecular flexibility index (Phi) is 11.9. The molecule has 0 saturated heterocycles. The van der Waals surface area contributed by atoms with E-state index in [0.29, 0.717) is 36.6 Å². The molecule has 0 unspecified atom stereocenters. The minimum atomic E-state index is -0.716. The fraction of sp³-hybridized carbons (Fsp3) is 0.469. The van der Waals surface area contributed by atoms with E-state index in [1.54, 1.807) is 34.8 Å². The molecule has 1 aliphatic rings. The lowest BCUT2D eigenvalue weighted by Gasteiger charge is -2.28. The average Bonchev–Trinajstić information content (AvgIpc) is 3.77. The summed E-state index contributed by atoms with van der Waals surface area (Å²) in [4.78, 5) is 44.5. The molecule has 1 aliphatic heterocycles. The number of thiophene rings is 2. The van der Waals surface area contributed by atoms with Gasteiger partial charge in [-0.3, -0.25) is 9.59 Å². The Morgan fingerprint density at radius 1 is 0.907 bits per heavy atom. The van der Waals surface area contributed by atoms with Gasteiger partial charge in [0.1, 0.15) is 6.04 Å². The fourth-order valence-corrected chi connectivity index (χ4v) is 6.12. The van der Waals surface area contributed by atoms with Gasteiger partial charge in [-0.25, -0.2) is 4.79 Å². The largest absolute Gasteiger partial charge is 0.454 e. The molecule has 3 atom stereocenters. The molecule has 2 aromatic heterocycles. The summed E-state index contributed by atoms with van der Waals surface area (Å²) in [5.74, 6) is 1.14. The molecular formula is C32H42N4O5S2. The third kappa shape index (κ3) is 9.46. The summed E-state index contributed by atoms with van der Waals surface area (Å²) in [5, 5.41) is 12.9. The van der Waals surface area contributed by atoms with Gasteiger partial charge >= 0.3 is 6.03 Å². The molecule has 1 aromatic carbocycles. The van der Waals surface area contributed by atoms with Crippen LogP contribution in [0.15, 0.2) is 53.2 Å². The van der Waals surface area contributed by atoms with E-state index in [1.807, 2.05) is 66.8 Å². The quantitative estimate of drug-likeness (QED) is 0.186. The zero-order valence-electron chi connectivity index (χ0n) is 25.3. The summed E-state index contributed by atoms with van der Waals surface area (Å²) in [6.07, 6.45) is 2.20. The lowest BCUT2D eigenvalue weighted by atomic mass is 10.0. The van der Waals surface area contributed by atoms with Gasteiger partial charge in [-0.2, -0.15) is 0 Å². The average molecular weight is 627 g/mol. The van der Waals surface area contributed by atoms with Crippen molar-refractivity contribution in [2.24, 2.45) is 5.92 Å². The zero-order valence-corrected chi connectivity index (χ0v) is 26.9. The van der Waals surface area contributed by atoms with Gasteiger partial charge in [0.25, 0.3) is 0 Å². The zero-order chi connectivity index (χ0) is 30.8. The van der Waals surface area contributed by atoms with Crippen LogP contribution in [0.5, 0.6) is 11.5 Å². The second kappa shape index (κ2) is 15.8. The van der Waals surface area contributed by atoms with Gasteiger partial charge in [0.05, 0.1) is 25.6 Å². The fourth-order valence-electron chi connectivity index (χ4n) is 4.68. The molecule has 3 heterocycles. The number of urea groups is 1. The highest BCUT2D eigenvalue weighted by Gasteiger charge is 2.29. The number of benzene rings is 1. The maximum atomic E-state index is 14.0. The molecule has 4 amide bonds. The van der Waals surface area contributed by atoms with E-state index in [4.69, 9.17) is 9.47 Å². The highest BCUT2D eigenvalue weighted by molar-refractivity contribution is 7.10. The van der Waals surface area contributed by atoms with Crippen molar-refractivity contribution in [3.05, 3.63) is 68.5 Å². The van der Waals surface area contributed by atoms with Gasteiger partial charge in [0, 0.05) is 15.8 Å². The summed E-state index contributed by atoms with van der Waals surface area (Å²) in [7, 11) is 0. The third-order valence-electron chi connectivity index (χ3n) is 7.50. The van der Waals surface area contributed by atoms with Crippen molar-refractivity contribution < 1.29 is 23.9 Å². The van der Waals surface area contributed by atoms with E-state index in [-0.39, 0.29) is 37.0 Å². The number of rotatable bonds is 15. The number of amides is 4. The molecule has 4 rings (SSSR count). The predicted octanol–water partition coefficient (Wildman–Crippen LogP) is 6.22. The second-order valence-corrected chi connectivity index (χ2v) is 13.2. The molecule has 0 saturated carbocycles. The Hall–Kier alpha value is -3.57. The van der Waals surface area contributed by atoms with Crippen molar-refractivity contribution in [1.82, 2.24) is 20.9 Å². The molecule has 0 radical (unpaired) electrons. The molecule has 0 spiro atoms. The molecule has 232 valence electrons. The molecular weight excluding hydrogens is 585 g/mol. The first-order chi connectivity index (χ1) is 20.7. The first kappa shape index (κ1) is 32.3. The number of nitrogens with one attached hydrogen (secondary N) is 3. The van der Waals surface area contributed by atoms with Crippen molar-refractivity contribution in [2.75, 3.05) is 6.79 Å². The van der Waals surface area contributed by atoms with Crippen LogP contribution in [0.3, 0.4) is 0 Å². The number of hydrogen-bond donors (Lipinski definition) is 3. The van der Waals surface area contributed by atoms with Crippen LogP contribution in [-0.2, 0) is 22.7 Å². The topological polar surface area (TPSA) is 109 Å². The molecule has 3 aromatic rings. The molecule has 9 nitrogen and oxygen atoms in total. The minimum Gasteiger partial charge on any atom is -0.454 e. The smallest absolute Gasteiger partial charge is 0.315 e. The number of carbonyl (C=O) groups excluding carboxylic acids is 3. The summed E-state index contributed by atoms with van der Waals surface area (Å²) in [6, 6.07) is 11.5. The van der Waals surface area contributed by atoms with Crippen molar-refractivity contribution in [1.29, 1.82) is 0 Å². The monoisotopic (exact) mass is 626 g/mol. The summed E-state index contributed by atoms with van der Waals surface area (Å²) in [5.41, 5.74) is 0.709. The van der Waals surface area contributed by atoms with E-state index in [9.17, 15) is 14.4 Å². The number of carbonyl (C=O) groups is 3. The summed E-state index contributed by atoms with van der Waals surface area (Å²) in [6.45, 7) is 9.16. The first-order valence-corrected chi connectivity index (χ1v) is 16.6. The number of unbranched alkanes of at least 4 members (excludes halogenated alkanes) is 1. The Morgan fingerprint density at radius 3 is 2.19 bits per heavy atom. The molecule has 3 N–H and O–H groups in total. The third-order valence-corrected chi connectivity index (χ3v) is 9.22. The number of hydrogen-bond acceptors (Lipinski definition) is 7. The van der Waals surface area contributed by atoms with Crippen molar-refractivity contribution in [2.45, 2.75) is 84.6 Å². The predicted molar refractivity (Wildman–Crippen MR) is 170 cm³/mol. The van der Waals surface area contributed by atoms with Gasteiger partial charge in [-0.05, 0) is 59.9 Å². The van der Waals surface area contributed by atoms with Crippen LogP contribution < -0.4 is 25.4 Å². The Balaban J connectivity index is 1.51. The number of nitrogens with zero attached hydrogens (tertiary/aromatic N) is 1. The maximum Gasteiger partial charge on any atom is 0.315 e. The van der Waals surface area contributed by atoms with Crippen molar-refractivity contribution in [3.8, 4) is 11.5 Å². The van der Waals surface area contributed by atoms with Crippen molar-refractivity contribution >= 4 is 40.5 Å². The molecule has 11 heteroatoms. The van der Waals surface area contributed by atoms with Crippen molar-refractivity contribution in [3.63, 3.8) is 0 Å². The van der Waals surface area contributed by atoms with Crippen LogP contribution in [0.2, 0.25) is 0 Å². The standard InChI is InChI=1S/C32H42N4O5S2/c1-5-6-11-26(31(38)36(18-24-9-7-14-42-24)19-25-10-8-15-43-25)34-32(39)35-27(17-30(37)33-22(4)21(2)3)23-12-13-28-29(16-23)41-20-40-28/h7-10,12-16,21-22,26-27H,5-6,11,17-20H2,1-4H3,(H,33,37)(H2,34,35,39)/t22-,26+,27+/m1/s1. The maximum absolute atomic E-state index is 14.0. The molecule has 43 heavy (non-hydrogen) atoms. The van der Waals surface area contributed by atoms with Crippen LogP contribution in [0, 0.1) is 5.92 Å². The minimum absolute atomic E-state index is 0.0209. The van der Waals surface area contributed by atoms with Crippen LogP contribution >= 0.6 is 22.7 Å². The van der Waals surface area contributed by atoms with Crippen LogP contribution in [0.4, 0.5) is 4.79 Å². The highest BCUT2D eigenvalue weighted by Crippen LogP contribution is 2.35. The van der Waals surface area contributed by atoms with Crippen LogP contribution in [0.25, 0.3) is 0 Å². The van der Waals surface area contributed by atoms with Gasteiger partial charge in [-0.1, -0.05) is 51.8 Å². The molecule has 0 bridgehead atoms. The molecule has 0 aliphatic carbocycles. The van der Waals surface area contributed by atoms with E-state index in [2.05, 4.69) is 22.9 Å². The van der Waals surface area contributed by atoms with Crippen LogP contribution in [-0.4, -0.2) is 41.6 Å². The van der Waals surface area contributed by atoms with Gasteiger partial charge in [0.15, 0.2) is 11.5 Å². The summed E-state index contributed by atoms with van der Waals surface area (Å²) >= 11 is 3.21. The van der Waals surface area contributed by atoms with E-state index < -0.39 is 18.1 Å². The van der Waals surface area contributed by atoms with E-state index in [0.717, 1.165) is 22.6 Å². The Morgan fingerprint density at radius 2 is 1.58 bits per heavy atom. The first-order valence-electron chi connectivity index (χ1n) is 14.8. The van der Waals surface area contributed by atoms with E-state index >= 15 is 0 Å². The summed E-state index contributed by atoms with van der Waals surface area (Å²) < 4.78 is 11.0. The highest BCUT2D eigenvalue weighted by atomic mass is 32.1. The molecule has 0 fully saturated rings.